The van der Waals surface area contributed by atoms with E-state index in [0.29, 0.717) is 6.61 Å². The number of H-pyrrole nitrogens is 1. The molecule has 0 saturated carbocycles. The average molecular weight is 251 g/mol. The second kappa shape index (κ2) is 4.81. The van der Waals surface area contributed by atoms with Crippen LogP contribution in [0.15, 0.2) is 48.5 Å². The van der Waals surface area contributed by atoms with Crippen LogP contribution in [-0.4, -0.2) is 4.98 Å². The van der Waals surface area contributed by atoms with E-state index < -0.39 is 0 Å². The lowest BCUT2D eigenvalue weighted by Gasteiger charge is -2.10. The van der Waals surface area contributed by atoms with Crippen molar-refractivity contribution in [2.75, 3.05) is 0 Å². The second-order valence-electron chi connectivity index (χ2n) is 4.90. The van der Waals surface area contributed by atoms with Gasteiger partial charge in [-0.3, -0.25) is 0 Å². The van der Waals surface area contributed by atoms with Gasteiger partial charge in [-0.15, -0.1) is 0 Å². The van der Waals surface area contributed by atoms with Crippen LogP contribution in [0, 0.1) is 13.8 Å². The quantitative estimate of drug-likeness (QED) is 0.735. The molecule has 0 bridgehead atoms. The van der Waals surface area contributed by atoms with Crippen molar-refractivity contribution in [1.82, 2.24) is 4.98 Å². The summed E-state index contributed by atoms with van der Waals surface area (Å²) in [5.41, 5.74) is 4.64. The Morgan fingerprint density at radius 3 is 2.58 bits per heavy atom. The number of nitrogens with one attached hydrogen (secondary N) is 1. The third-order valence-electron chi connectivity index (χ3n) is 3.31. The van der Waals surface area contributed by atoms with Crippen LogP contribution >= 0.6 is 0 Å². The molecule has 3 rings (SSSR count). The molecule has 0 amide bonds. The van der Waals surface area contributed by atoms with Crippen LogP contribution in [-0.2, 0) is 6.61 Å². The van der Waals surface area contributed by atoms with Gasteiger partial charge in [0.05, 0.1) is 0 Å². The summed E-state index contributed by atoms with van der Waals surface area (Å²) in [6, 6.07) is 16.6. The standard InChI is InChI=1S/C17H17NO/c1-12-8-9-16-15(10-13(2)18-16)17(12)19-11-14-6-4-3-5-7-14/h3-10,18H,11H2,1-2H3. The van der Waals surface area contributed by atoms with E-state index in [9.17, 15) is 0 Å². The minimum Gasteiger partial charge on any atom is -0.488 e. The van der Waals surface area contributed by atoms with Gasteiger partial charge in [0, 0.05) is 16.6 Å². The number of hydrogen-bond acceptors (Lipinski definition) is 1. The van der Waals surface area contributed by atoms with E-state index in [1.807, 2.05) is 18.2 Å². The fraction of sp³-hybridized carbons (Fsp3) is 0.176. The first-order valence-corrected chi connectivity index (χ1v) is 6.50. The Hall–Kier alpha value is -2.22. The predicted octanol–water partition coefficient (Wildman–Crippen LogP) is 4.36. The van der Waals surface area contributed by atoms with Gasteiger partial charge in [0.25, 0.3) is 0 Å². The smallest absolute Gasteiger partial charge is 0.132 e. The van der Waals surface area contributed by atoms with E-state index in [-0.39, 0.29) is 0 Å². The summed E-state index contributed by atoms with van der Waals surface area (Å²) in [4.78, 5) is 3.34. The Labute approximate surface area is 113 Å². The first kappa shape index (κ1) is 11.8. The maximum atomic E-state index is 6.03. The van der Waals surface area contributed by atoms with Crippen LogP contribution in [0.1, 0.15) is 16.8 Å². The molecule has 0 fully saturated rings. The first-order valence-electron chi connectivity index (χ1n) is 6.50. The van der Waals surface area contributed by atoms with Crippen LogP contribution in [0.25, 0.3) is 10.9 Å². The molecule has 0 aliphatic carbocycles. The molecule has 1 aromatic heterocycles. The van der Waals surface area contributed by atoms with Gasteiger partial charge in [-0.1, -0.05) is 36.4 Å². The number of ether oxygens (including phenoxy) is 1. The first-order chi connectivity index (χ1) is 9.24. The van der Waals surface area contributed by atoms with Crippen LogP contribution in [0.3, 0.4) is 0 Å². The molecule has 2 nitrogen and oxygen atoms in total. The third-order valence-corrected chi connectivity index (χ3v) is 3.31. The highest BCUT2D eigenvalue weighted by Gasteiger charge is 2.08. The van der Waals surface area contributed by atoms with Crippen molar-refractivity contribution in [3.63, 3.8) is 0 Å². The minimum atomic E-state index is 0.602. The van der Waals surface area contributed by atoms with Gasteiger partial charge < -0.3 is 9.72 Å². The molecule has 2 aromatic carbocycles. The van der Waals surface area contributed by atoms with Crippen LogP contribution in [0.4, 0.5) is 0 Å². The number of fused-ring (bicyclic) bond motifs is 1. The molecular weight excluding hydrogens is 234 g/mol. The lowest BCUT2D eigenvalue weighted by molar-refractivity contribution is 0.308. The van der Waals surface area contributed by atoms with E-state index in [0.717, 1.165) is 22.3 Å². The Morgan fingerprint density at radius 2 is 1.79 bits per heavy atom. The van der Waals surface area contributed by atoms with Gasteiger partial charge in [-0.05, 0) is 37.1 Å². The normalized spacial score (nSPS) is 10.8. The van der Waals surface area contributed by atoms with Gasteiger partial charge in [-0.2, -0.15) is 0 Å². The molecule has 0 aliphatic heterocycles. The van der Waals surface area contributed by atoms with Crippen LogP contribution < -0.4 is 4.74 Å². The lowest BCUT2D eigenvalue weighted by Crippen LogP contribution is -1.97. The molecule has 0 aliphatic rings. The van der Waals surface area contributed by atoms with Crippen molar-refractivity contribution in [3.05, 3.63) is 65.4 Å². The highest BCUT2D eigenvalue weighted by atomic mass is 16.5. The Kier molecular flexibility index (Phi) is 3.00. The molecule has 0 radical (unpaired) electrons. The lowest BCUT2D eigenvalue weighted by atomic mass is 10.1. The number of aryl methyl sites for hydroxylation is 2. The zero-order valence-electron chi connectivity index (χ0n) is 11.2. The summed E-state index contributed by atoms with van der Waals surface area (Å²) in [7, 11) is 0. The van der Waals surface area contributed by atoms with Crippen molar-refractivity contribution in [2.24, 2.45) is 0 Å². The van der Waals surface area contributed by atoms with Crippen molar-refractivity contribution < 1.29 is 4.74 Å². The van der Waals surface area contributed by atoms with Crippen molar-refractivity contribution in [2.45, 2.75) is 20.5 Å². The number of hydrogen-bond donors (Lipinski definition) is 1. The Bertz CT molecular complexity index is 698. The molecular formula is C17H17NO. The number of aromatic amines is 1. The summed E-state index contributed by atoms with van der Waals surface area (Å²) in [6.45, 7) is 4.75. The topological polar surface area (TPSA) is 25.0 Å². The van der Waals surface area contributed by atoms with E-state index in [1.54, 1.807) is 0 Å². The average Bonchev–Trinajstić information content (AvgIpc) is 2.79. The third kappa shape index (κ3) is 2.34. The molecule has 2 heteroatoms. The van der Waals surface area contributed by atoms with Crippen molar-refractivity contribution in [1.29, 1.82) is 0 Å². The molecule has 1 N–H and O–H groups in total. The molecule has 0 spiro atoms. The molecule has 0 unspecified atom stereocenters. The van der Waals surface area contributed by atoms with Gasteiger partial charge in [0.1, 0.15) is 12.4 Å². The van der Waals surface area contributed by atoms with Crippen molar-refractivity contribution >= 4 is 10.9 Å². The van der Waals surface area contributed by atoms with Crippen molar-refractivity contribution in [3.8, 4) is 5.75 Å². The minimum absolute atomic E-state index is 0.602. The van der Waals surface area contributed by atoms with E-state index in [1.165, 1.54) is 11.1 Å². The highest BCUT2D eigenvalue weighted by Crippen LogP contribution is 2.30. The Balaban J connectivity index is 1.93. The van der Waals surface area contributed by atoms with Gasteiger partial charge in [-0.25, -0.2) is 0 Å². The highest BCUT2D eigenvalue weighted by molar-refractivity contribution is 5.88. The fourth-order valence-corrected chi connectivity index (χ4v) is 2.35. The molecule has 0 atom stereocenters. The van der Waals surface area contributed by atoms with E-state index >= 15 is 0 Å². The second-order valence-corrected chi connectivity index (χ2v) is 4.90. The number of rotatable bonds is 3. The van der Waals surface area contributed by atoms with Gasteiger partial charge in [0.15, 0.2) is 0 Å². The van der Waals surface area contributed by atoms with Gasteiger partial charge >= 0.3 is 0 Å². The molecule has 19 heavy (non-hydrogen) atoms. The summed E-state index contributed by atoms with van der Waals surface area (Å²) in [5, 5.41) is 1.16. The zero-order chi connectivity index (χ0) is 13.2. The number of aromatic nitrogens is 1. The largest absolute Gasteiger partial charge is 0.488 e. The monoisotopic (exact) mass is 251 g/mol. The summed E-state index contributed by atoms with van der Waals surface area (Å²) in [6.07, 6.45) is 0. The fourth-order valence-electron chi connectivity index (χ4n) is 2.35. The Morgan fingerprint density at radius 1 is 1.00 bits per heavy atom. The predicted molar refractivity (Wildman–Crippen MR) is 78.5 cm³/mol. The molecule has 1 heterocycles. The maximum absolute atomic E-state index is 6.03. The number of benzene rings is 2. The summed E-state index contributed by atoms with van der Waals surface area (Å²) in [5.74, 6) is 0.978. The molecule has 3 aromatic rings. The maximum Gasteiger partial charge on any atom is 0.132 e. The molecule has 0 saturated heterocycles. The van der Waals surface area contributed by atoms with Crippen LogP contribution in [0.2, 0.25) is 0 Å². The summed E-state index contributed by atoms with van der Waals surface area (Å²) >= 11 is 0. The molecule has 96 valence electrons. The van der Waals surface area contributed by atoms with Crippen LogP contribution in [0.5, 0.6) is 5.75 Å². The summed E-state index contributed by atoms with van der Waals surface area (Å²) < 4.78 is 6.03. The van der Waals surface area contributed by atoms with E-state index in [2.05, 4.69) is 49.2 Å². The SMILES string of the molecule is Cc1cc2c(OCc3ccccc3)c(C)ccc2[nH]1. The van der Waals surface area contributed by atoms with E-state index in [4.69, 9.17) is 4.74 Å². The van der Waals surface area contributed by atoms with Gasteiger partial charge in [0.2, 0.25) is 0 Å². The zero-order valence-corrected chi connectivity index (χ0v) is 11.2.